The summed E-state index contributed by atoms with van der Waals surface area (Å²) in [6.07, 6.45) is 0. The van der Waals surface area contributed by atoms with Crippen molar-refractivity contribution in [1.82, 2.24) is 4.98 Å². The first kappa shape index (κ1) is 23.0. The zero-order chi connectivity index (χ0) is 24.7. The van der Waals surface area contributed by atoms with Crippen LogP contribution in [0.3, 0.4) is 0 Å². The third kappa shape index (κ3) is 4.15. The number of rotatable bonds is 5. The first-order valence-electron chi connectivity index (χ1n) is 10.7. The Hall–Kier alpha value is -3.75. The van der Waals surface area contributed by atoms with Gasteiger partial charge in [0.2, 0.25) is 0 Å². The molecule has 1 aromatic heterocycles. The van der Waals surface area contributed by atoms with Crippen molar-refractivity contribution in [2.24, 2.45) is 0 Å². The highest BCUT2D eigenvalue weighted by molar-refractivity contribution is 7.22. The van der Waals surface area contributed by atoms with Crippen molar-refractivity contribution in [2.75, 3.05) is 11.5 Å². The van der Waals surface area contributed by atoms with Crippen molar-refractivity contribution >= 4 is 55.7 Å². The number of Topliss-reactive ketones (excluding diaryl/α,β-unsaturated/α-hetero) is 1. The number of thiazole rings is 1. The Morgan fingerprint density at radius 3 is 2.51 bits per heavy atom. The number of aromatic nitrogens is 1. The van der Waals surface area contributed by atoms with Crippen LogP contribution in [0.5, 0.6) is 5.75 Å². The quantitative estimate of drug-likeness (QED) is 0.200. The highest BCUT2D eigenvalue weighted by Crippen LogP contribution is 2.44. The molecule has 1 saturated heterocycles. The number of benzene rings is 3. The lowest BCUT2D eigenvalue weighted by atomic mass is 9.95. The number of halogens is 2. The molecular weight excluding hydrogens is 491 g/mol. The van der Waals surface area contributed by atoms with Crippen LogP contribution in [0.15, 0.2) is 72.3 Å². The van der Waals surface area contributed by atoms with Crippen LogP contribution in [-0.2, 0) is 9.59 Å². The monoisotopic (exact) mass is 508 g/mol. The summed E-state index contributed by atoms with van der Waals surface area (Å²) in [5.41, 5.74) is 1.34. The van der Waals surface area contributed by atoms with Gasteiger partial charge in [0.05, 0.1) is 28.4 Å². The topological polar surface area (TPSA) is 79.7 Å². The number of ketones is 1. The molecule has 1 fully saturated rings. The summed E-state index contributed by atoms with van der Waals surface area (Å²) >= 11 is 7.06. The molecule has 176 valence electrons. The van der Waals surface area contributed by atoms with Crippen LogP contribution in [0.4, 0.5) is 9.52 Å². The van der Waals surface area contributed by atoms with Crippen LogP contribution in [0.1, 0.15) is 24.1 Å². The summed E-state index contributed by atoms with van der Waals surface area (Å²) in [7, 11) is 0. The van der Waals surface area contributed by atoms with Gasteiger partial charge >= 0.3 is 5.91 Å². The predicted molar refractivity (Wildman–Crippen MR) is 133 cm³/mol. The molecule has 0 bridgehead atoms. The van der Waals surface area contributed by atoms with Gasteiger partial charge in [-0.05, 0) is 67.1 Å². The average molecular weight is 509 g/mol. The van der Waals surface area contributed by atoms with Gasteiger partial charge < -0.3 is 9.84 Å². The van der Waals surface area contributed by atoms with Crippen LogP contribution in [0.25, 0.3) is 16.0 Å². The highest BCUT2D eigenvalue weighted by atomic mass is 35.5. The Bertz CT molecular complexity index is 1480. The molecule has 4 aromatic rings. The molecular formula is C26H18ClFN2O4S. The fourth-order valence-electron chi connectivity index (χ4n) is 4.01. The Balaban J connectivity index is 1.70. The molecule has 3 aromatic carbocycles. The smallest absolute Gasteiger partial charge is 0.301 e. The zero-order valence-corrected chi connectivity index (χ0v) is 19.9. The van der Waals surface area contributed by atoms with E-state index >= 15 is 0 Å². The average Bonchev–Trinajstić information content (AvgIpc) is 3.37. The van der Waals surface area contributed by atoms with Crippen LogP contribution < -0.4 is 9.64 Å². The van der Waals surface area contributed by atoms with Crippen molar-refractivity contribution in [3.8, 4) is 5.75 Å². The second-order valence-electron chi connectivity index (χ2n) is 7.79. The lowest BCUT2D eigenvalue weighted by Crippen LogP contribution is -2.29. The fourth-order valence-corrected chi connectivity index (χ4v) is 5.15. The number of aliphatic hydroxyl groups excluding tert-OH is 1. The maximum atomic E-state index is 13.8. The summed E-state index contributed by atoms with van der Waals surface area (Å²) in [4.78, 5) is 32.3. The summed E-state index contributed by atoms with van der Waals surface area (Å²) in [6, 6.07) is 16.4. The molecule has 9 heteroatoms. The van der Waals surface area contributed by atoms with Gasteiger partial charge in [0.15, 0.2) is 5.13 Å². The minimum Gasteiger partial charge on any atom is -0.507 e. The number of carbonyl (C=O) groups excluding carboxylic acids is 2. The maximum absolute atomic E-state index is 13.8. The number of hydrogen-bond acceptors (Lipinski definition) is 6. The van der Waals surface area contributed by atoms with Gasteiger partial charge in [0.1, 0.15) is 17.3 Å². The number of aliphatic hydroxyl groups is 1. The molecule has 0 unspecified atom stereocenters. The first-order chi connectivity index (χ1) is 16.9. The van der Waals surface area contributed by atoms with Crippen molar-refractivity contribution in [3.63, 3.8) is 0 Å². The van der Waals surface area contributed by atoms with E-state index < -0.39 is 23.5 Å². The molecule has 0 radical (unpaired) electrons. The highest BCUT2D eigenvalue weighted by Gasteiger charge is 2.48. The maximum Gasteiger partial charge on any atom is 0.301 e. The van der Waals surface area contributed by atoms with Crippen molar-refractivity contribution < 1.29 is 23.8 Å². The molecule has 0 saturated carbocycles. The van der Waals surface area contributed by atoms with Crippen molar-refractivity contribution in [3.05, 3.63) is 94.3 Å². The lowest BCUT2D eigenvalue weighted by molar-refractivity contribution is -0.132. The Morgan fingerprint density at radius 2 is 1.83 bits per heavy atom. The van der Waals surface area contributed by atoms with Gasteiger partial charge in [-0.2, -0.15) is 0 Å². The molecule has 1 atom stereocenters. The normalized spacial score (nSPS) is 17.3. The summed E-state index contributed by atoms with van der Waals surface area (Å²) in [6.45, 7) is 2.35. The Morgan fingerprint density at radius 1 is 1.11 bits per heavy atom. The van der Waals surface area contributed by atoms with E-state index in [1.165, 1.54) is 23.1 Å². The molecule has 2 heterocycles. The molecule has 6 nitrogen and oxygen atoms in total. The first-order valence-corrected chi connectivity index (χ1v) is 11.9. The fraction of sp³-hybridized carbons (Fsp3) is 0.115. The van der Waals surface area contributed by atoms with E-state index in [9.17, 15) is 19.1 Å². The molecule has 1 N–H and O–H groups in total. The zero-order valence-electron chi connectivity index (χ0n) is 18.4. The van der Waals surface area contributed by atoms with Gasteiger partial charge in [0, 0.05) is 10.6 Å². The minimum absolute atomic E-state index is 0.0769. The van der Waals surface area contributed by atoms with Crippen LogP contribution in [0.2, 0.25) is 5.02 Å². The Kier molecular flexibility index (Phi) is 6.00. The van der Waals surface area contributed by atoms with Crippen LogP contribution in [-0.4, -0.2) is 28.4 Å². The van der Waals surface area contributed by atoms with E-state index in [0.29, 0.717) is 38.7 Å². The summed E-state index contributed by atoms with van der Waals surface area (Å²) in [5, 5.41) is 11.8. The van der Waals surface area contributed by atoms with Gasteiger partial charge in [0.25, 0.3) is 5.78 Å². The number of amides is 1. The molecule has 5 rings (SSSR count). The van der Waals surface area contributed by atoms with Gasteiger partial charge in [-0.15, -0.1) is 0 Å². The van der Waals surface area contributed by atoms with Gasteiger partial charge in [-0.1, -0.05) is 35.1 Å². The number of hydrogen-bond donors (Lipinski definition) is 1. The van der Waals surface area contributed by atoms with E-state index in [4.69, 9.17) is 16.3 Å². The van der Waals surface area contributed by atoms with Crippen LogP contribution in [0, 0.1) is 5.82 Å². The standard InChI is InChI=1S/C26H18ClFN2O4S/c1-2-34-18-10-5-14(6-11-18)22-21(23(31)15-3-7-16(27)8-4-15)24(32)25(33)30(22)26-29-19-12-9-17(28)13-20(19)35-26/h3-13,22,31H,2H2,1H3/b23-21+/t22-/m0/s1. The van der Waals surface area contributed by atoms with E-state index in [1.807, 2.05) is 6.92 Å². The number of fused-ring (bicyclic) bond motifs is 1. The van der Waals surface area contributed by atoms with Gasteiger partial charge in [-0.3, -0.25) is 14.5 Å². The summed E-state index contributed by atoms with van der Waals surface area (Å²) < 4.78 is 19.8. The molecule has 0 spiro atoms. The number of anilines is 1. The van der Waals surface area contributed by atoms with E-state index in [2.05, 4.69) is 4.98 Å². The van der Waals surface area contributed by atoms with Crippen LogP contribution >= 0.6 is 22.9 Å². The number of nitrogens with zero attached hydrogens (tertiary/aromatic N) is 2. The molecule has 1 amide bonds. The number of carbonyl (C=O) groups is 2. The second-order valence-corrected chi connectivity index (χ2v) is 9.23. The van der Waals surface area contributed by atoms with Gasteiger partial charge in [-0.25, -0.2) is 9.37 Å². The SMILES string of the molecule is CCOc1ccc([C@H]2/C(=C(\O)c3ccc(Cl)cc3)C(=O)C(=O)N2c2nc3ccc(F)cc3s2)cc1. The molecule has 1 aliphatic heterocycles. The van der Waals surface area contributed by atoms with Crippen molar-refractivity contribution in [1.29, 1.82) is 0 Å². The van der Waals surface area contributed by atoms with Crippen molar-refractivity contribution in [2.45, 2.75) is 13.0 Å². The predicted octanol–water partition coefficient (Wildman–Crippen LogP) is 6.11. The third-order valence-electron chi connectivity index (χ3n) is 5.61. The second kappa shape index (κ2) is 9.13. The lowest BCUT2D eigenvalue weighted by Gasteiger charge is -2.23. The minimum atomic E-state index is -0.952. The number of ether oxygens (including phenoxy) is 1. The molecule has 35 heavy (non-hydrogen) atoms. The molecule has 0 aliphatic carbocycles. The van der Waals surface area contributed by atoms with E-state index in [-0.39, 0.29) is 16.5 Å². The third-order valence-corrected chi connectivity index (χ3v) is 6.88. The summed E-state index contributed by atoms with van der Waals surface area (Å²) in [5.74, 6) is -1.81. The van der Waals surface area contributed by atoms with E-state index in [1.54, 1.807) is 48.5 Å². The van der Waals surface area contributed by atoms with E-state index in [0.717, 1.165) is 11.3 Å². The molecule has 1 aliphatic rings. The Labute approximate surface area is 208 Å². The largest absolute Gasteiger partial charge is 0.507 e.